The van der Waals surface area contributed by atoms with Crippen LogP contribution in [0.3, 0.4) is 0 Å². The molecule has 0 bridgehead atoms. The normalized spacial score (nSPS) is 27.5. The van der Waals surface area contributed by atoms with Gasteiger partial charge in [0.15, 0.2) is 0 Å². The molecule has 1 aliphatic rings. The molecule has 0 saturated heterocycles. The Morgan fingerprint density at radius 3 is 2.63 bits per heavy atom. The predicted molar refractivity (Wildman–Crippen MR) is 70.7 cm³/mol. The van der Waals surface area contributed by atoms with Crippen LogP contribution in [0.2, 0.25) is 0 Å². The van der Waals surface area contributed by atoms with Gasteiger partial charge in [-0.2, -0.15) is 22.5 Å². The molecule has 3 unspecified atom stereocenters. The fourth-order valence-corrected chi connectivity index (χ4v) is 3.82. The van der Waals surface area contributed by atoms with Gasteiger partial charge in [0.2, 0.25) is 0 Å². The quantitative estimate of drug-likeness (QED) is 0.754. The SMILES string of the molecule is CCN(CC)S(=O)(=O)NC1CC(O)C1n1cccn1. The molecule has 1 aromatic heterocycles. The average Bonchev–Trinajstić information content (AvgIpc) is 2.82. The van der Waals surface area contributed by atoms with Crippen molar-refractivity contribution >= 4 is 10.2 Å². The third-order valence-electron chi connectivity index (χ3n) is 3.48. The van der Waals surface area contributed by atoms with E-state index in [0.717, 1.165) is 0 Å². The molecule has 1 aromatic rings. The molecule has 108 valence electrons. The number of aromatic nitrogens is 2. The van der Waals surface area contributed by atoms with Gasteiger partial charge in [0.05, 0.1) is 18.2 Å². The van der Waals surface area contributed by atoms with Crippen LogP contribution in [0.1, 0.15) is 26.3 Å². The summed E-state index contributed by atoms with van der Waals surface area (Å²) in [5, 5.41) is 13.9. The van der Waals surface area contributed by atoms with Crippen molar-refractivity contribution in [3.05, 3.63) is 18.5 Å². The molecule has 19 heavy (non-hydrogen) atoms. The molecule has 1 fully saturated rings. The van der Waals surface area contributed by atoms with Crippen molar-refractivity contribution in [2.45, 2.75) is 38.5 Å². The van der Waals surface area contributed by atoms with E-state index in [1.807, 2.05) is 0 Å². The minimum absolute atomic E-state index is 0.319. The van der Waals surface area contributed by atoms with Gasteiger partial charge < -0.3 is 5.11 Å². The second-order valence-corrected chi connectivity index (χ2v) is 6.30. The van der Waals surface area contributed by atoms with Gasteiger partial charge >= 0.3 is 0 Å². The summed E-state index contributed by atoms with van der Waals surface area (Å²) in [6, 6.07) is 1.10. The zero-order chi connectivity index (χ0) is 14.0. The van der Waals surface area contributed by atoms with Crippen molar-refractivity contribution in [1.82, 2.24) is 18.8 Å². The number of nitrogens with zero attached hydrogens (tertiary/aromatic N) is 3. The zero-order valence-electron chi connectivity index (χ0n) is 11.1. The van der Waals surface area contributed by atoms with Crippen LogP contribution in [0.15, 0.2) is 18.5 Å². The molecule has 7 nitrogen and oxygen atoms in total. The molecule has 0 aliphatic heterocycles. The third kappa shape index (κ3) is 2.81. The lowest BCUT2D eigenvalue weighted by atomic mass is 9.84. The molecule has 1 aliphatic carbocycles. The first-order valence-electron chi connectivity index (χ1n) is 6.44. The van der Waals surface area contributed by atoms with Crippen LogP contribution in [0.4, 0.5) is 0 Å². The smallest absolute Gasteiger partial charge is 0.279 e. The molecule has 2 rings (SSSR count). The molecular formula is C11H20N4O3S. The van der Waals surface area contributed by atoms with E-state index in [-0.39, 0.29) is 12.1 Å². The summed E-state index contributed by atoms with van der Waals surface area (Å²) >= 11 is 0. The van der Waals surface area contributed by atoms with E-state index in [0.29, 0.717) is 19.5 Å². The summed E-state index contributed by atoms with van der Waals surface area (Å²) in [6.07, 6.45) is 3.18. The topological polar surface area (TPSA) is 87.5 Å². The van der Waals surface area contributed by atoms with Crippen LogP contribution in [-0.4, -0.2) is 52.8 Å². The molecule has 1 saturated carbocycles. The Morgan fingerprint density at radius 1 is 1.47 bits per heavy atom. The van der Waals surface area contributed by atoms with Crippen LogP contribution in [0, 0.1) is 0 Å². The molecule has 0 spiro atoms. The minimum atomic E-state index is -3.50. The maximum absolute atomic E-state index is 12.1. The molecular weight excluding hydrogens is 268 g/mol. The van der Waals surface area contributed by atoms with Gasteiger partial charge in [-0.1, -0.05) is 13.8 Å². The van der Waals surface area contributed by atoms with E-state index in [9.17, 15) is 13.5 Å². The second-order valence-electron chi connectivity index (χ2n) is 4.59. The van der Waals surface area contributed by atoms with Crippen molar-refractivity contribution in [3.63, 3.8) is 0 Å². The van der Waals surface area contributed by atoms with Crippen LogP contribution >= 0.6 is 0 Å². The summed E-state index contributed by atoms with van der Waals surface area (Å²) in [7, 11) is -3.50. The van der Waals surface area contributed by atoms with Crippen molar-refractivity contribution in [1.29, 1.82) is 0 Å². The van der Waals surface area contributed by atoms with Crippen LogP contribution in [0.5, 0.6) is 0 Å². The molecule has 2 N–H and O–H groups in total. The van der Waals surface area contributed by atoms with Crippen LogP contribution in [0.25, 0.3) is 0 Å². The highest BCUT2D eigenvalue weighted by Gasteiger charge is 2.44. The van der Waals surface area contributed by atoms with E-state index in [4.69, 9.17) is 0 Å². The number of aliphatic hydroxyl groups is 1. The Labute approximate surface area is 113 Å². The number of hydrogen-bond donors (Lipinski definition) is 2. The van der Waals surface area contributed by atoms with Crippen molar-refractivity contribution in [2.24, 2.45) is 0 Å². The first kappa shape index (κ1) is 14.4. The van der Waals surface area contributed by atoms with Crippen LogP contribution in [-0.2, 0) is 10.2 Å². The van der Waals surface area contributed by atoms with E-state index in [2.05, 4.69) is 9.82 Å². The maximum Gasteiger partial charge on any atom is 0.279 e. The highest BCUT2D eigenvalue weighted by atomic mass is 32.2. The Bertz CT molecular complexity index is 498. The first-order chi connectivity index (χ1) is 8.99. The van der Waals surface area contributed by atoms with Crippen molar-refractivity contribution in [3.8, 4) is 0 Å². The Morgan fingerprint density at radius 2 is 2.16 bits per heavy atom. The molecule has 0 amide bonds. The standard InChI is InChI=1S/C11H20N4O3S/c1-3-14(4-2)19(17,18)13-9-8-10(16)11(9)15-7-5-6-12-15/h5-7,9-11,13,16H,3-4,8H2,1-2H3. The Balaban J connectivity index is 2.08. The predicted octanol–water partition coefficient (Wildman–Crippen LogP) is -0.266. The second kappa shape index (κ2) is 5.58. The summed E-state index contributed by atoms with van der Waals surface area (Å²) in [5.41, 5.74) is 0. The van der Waals surface area contributed by atoms with Gasteiger partial charge in [-0.25, -0.2) is 0 Å². The van der Waals surface area contributed by atoms with Crippen molar-refractivity contribution in [2.75, 3.05) is 13.1 Å². The van der Waals surface area contributed by atoms with E-state index in [1.54, 1.807) is 37.0 Å². The highest BCUT2D eigenvalue weighted by Crippen LogP contribution is 2.32. The lowest BCUT2D eigenvalue weighted by Gasteiger charge is -2.42. The van der Waals surface area contributed by atoms with Crippen molar-refractivity contribution < 1.29 is 13.5 Å². The summed E-state index contributed by atoms with van der Waals surface area (Å²) in [4.78, 5) is 0. The van der Waals surface area contributed by atoms with Gasteiger partial charge in [-0.05, 0) is 12.5 Å². The third-order valence-corrected chi connectivity index (χ3v) is 5.27. The molecule has 0 aromatic carbocycles. The molecule has 3 atom stereocenters. The van der Waals surface area contributed by atoms with E-state index < -0.39 is 16.3 Å². The average molecular weight is 288 g/mol. The minimum Gasteiger partial charge on any atom is -0.391 e. The maximum atomic E-state index is 12.1. The first-order valence-corrected chi connectivity index (χ1v) is 7.88. The largest absolute Gasteiger partial charge is 0.391 e. The lowest BCUT2D eigenvalue weighted by molar-refractivity contribution is 0.0000456. The van der Waals surface area contributed by atoms with Gasteiger partial charge in [0.1, 0.15) is 0 Å². The Hall–Kier alpha value is -0.960. The summed E-state index contributed by atoms with van der Waals surface area (Å²) in [6.45, 7) is 4.44. The van der Waals surface area contributed by atoms with Gasteiger partial charge in [0.25, 0.3) is 10.2 Å². The number of rotatable bonds is 6. The van der Waals surface area contributed by atoms with E-state index >= 15 is 0 Å². The van der Waals surface area contributed by atoms with Gasteiger partial charge in [0, 0.05) is 25.5 Å². The fourth-order valence-electron chi connectivity index (χ4n) is 2.38. The number of nitrogens with one attached hydrogen (secondary N) is 1. The van der Waals surface area contributed by atoms with Crippen LogP contribution < -0.4 is 4.72 Å². The highest BCUT2D eigenvalue weighted by molar-refractivity contribution is 7.87. The van der Waals surface area contributed by atoms with E-state index in [1.165, 1.54) is 4.31 Å². The summed E-state index contributed by atoms with van der Waals surface area (Å²) < 4.78 is 29.8. The lowest BCUT2D eigenvalue weighted by Crippen LogP contribution is -2.58. The monoisotopic (exact) mass is 288 g/mol. The Kier molecular flexibility index (Phi) is 4.24. The van der Waals surface area contributed by atoms with Gasteiger partial charge in [-0.15, -0.1) is 0 Å². The molecule has 1 heterocycles. The molecule has 8 heteroatoms. The number of hydrogen-bond acceptors (Lipinski definition) is 4. The number of aliphatic hydroxyl groups excluding tert-OH is 1. The summed E-state index contributed by atoms with van der Waals surface area (Å²) in [5.74, 6) is 0. The molecule has 0 radical (unpaired) electrons. The zero-order valence-corrected chi connectivity index (χ0v) is 11.9. The fraction of sp³-hybridized carbons (Fsp3) is 0.727. The van der Waals surface area contributed by atoms with Gasteiger partial charge in [-0.3, -0.25) is 4.68 Å².